The lowest BCUT2D eigenvalue weighted by Crippen LogP contribution is -2.17. The zero-order valence-corrected chi connectivity index (χ0v) is 10.4. The van der Waals surface area contributed by atoms with Crippen LogP contribution in [0.3, 0.4) is 0 Å². The zero-order chi connectivity index (χ0) is 12.3. The molecule has 6 heteroatoms. The molecule has 2 aromatic rings. The first kappa shape index (κ1) is 11.8. The molecule has 1 N–H and O–H groups in total. The number of hydrogen-bond acceptors (Lipinski definition) is 5. The molecule has 0 atom stereocenters. The molecule has 0 aliphatic rings. The second-order valence-corrected chi connectivity index (χ2v) is 3.90. The predicted octanol–water partition coefficient (Wildman–Crippen LogP) is 1.19. The summed E-state index contributed by atoms with van der Waals surface area (Å²) in [5.41, 5.74) is 2.06. The van der Waals surface area contributed by atoms with Crippen molar-refractivity contribution in [3.63, 3.8) is 0 Å². The van der Waals surface area contributed by atoms with Gasteiger partial charge in [-0.1, -0.05) is 5.16 Å². The Morgan fingerprint density at radius 2 is 2.18 bits per heavy atom. The topological polar surface area (TPSA) is 68.8 Å². The molecule has 0 fully saturated rings. The van der Waals surface area contributed by atoms with E-state index in [0.29, 0.717) is 6.54 Å². The van der Waals surface area contributed by atoms with Crippen LogP contribution < -0.4 is 5.32 Å². The SMILES string of the molecule is CCn1ncnc1CNCc1c(C)noc1C. The van der Waals surface area contributed by atoms with Crippen molar-refractivity contribution in [2.24, 2.45) is 0 Å². The molecule has 0 aliphatic carbocycles. The lowest BCUT2D eigenvalue weighted by molar-refractivity contribution is 0.391. The molecule has 2 heterocycles. The first-order valence-electron chi connectivity index (χ1n) is 5.71. The van der Waals surface area contributed by atoms with Gasteiger partial charge in [-0.15, -0.1) is 0 Å². The summed E-state index contributed by atoms with van der Waals surface area (Å²) in [6, 6.07) is 0. The summed E-state index contributed by atoms with van der Waals surface area (Å²) in [4.78, 5) is 4.20. The van der Waals surface area contributed by atoms with Crippen LogP contribution in [0.15, 0.2) is 10.9 Å². The van der Waals surface area contributed by atoms with Gasteiger partial charge in [-0.2, -0.15) is 5.10 Å². The third-order valence-electron chi connectivity index (χ3n) is 2.76. The fourth-order valence-corrected chi connectivity index (χ4v) is 1.74. The fourth-order valence-electron chi connectivity index (χ4n) is 1.74. The number of nitrogens with one attached hydrogen (secondary N) is 1. The van der Waals surface area contributed by atoms with Crippen LogP contribution in [0.25, 0.3) is 0 Å². The van der Waals surface area contributed by atoms with Crippen molar-refractivity contribution in [1.29, 1.82) is 0 Å². The van der Waals surface area contributed by atoms with Gasteiger partial charge in [0.25, 0.3) is 0 Å². The number of hydrogen-bond donors (Lipinski definition) is 1. The summed E-state index contributed by atoms with van der Waals surface area (Å²) >= 11 is 0. The van der Waals surface area contributed by atoms with E-state index in [9.17, 15) is 0 Å². The summed E-state index contributed by atoms with van der Waals surface area (Å²) in [5.74, 6) is 1.81. The van der Waals surface area contributed by atoms with Crippen LogP contribution in [-0.2, 0) is 19.6 Å². The van der Waals surface area contributed by atoms with E-state index in [2.05, 4.69) is 20.6 Å². The average Bonchev–Trinajstić information content (AvgIpc) is 2.89. The van der Waals surface area contributed by atoms with Gasteiger partial charge >= 0.3 is 0 Å². The van der Waals surface area contributed by atoms with E-state index in [0.717, 1.165) is 35.9 Å². The van der Waals surface area contributed by atoms with E-state index in [-0.39, 0.29) is 0 Å². The summed E-state index contributed by atoms with van der Waals surface area (Å²) < 4.78 is 6.98. The third kappa shape index (κ3) is 2.52. The minimum absolute atomic E-state index is 0.692. The Morgan fingerprint density at radius 3 is 2.82 bits per heavy atom. The Morgan fingerprint density at radius 1 is 1.35 bits per heavy atom. The highest BCUT2D eigenvalue weighted by atomic mass is 16.5. The van der Waals surface area contributed by atoms with E-state index >= 15 is 0 Å². The van der Waals surface area contributed by atoms with Crippen LogP contribution in [0.1, 0.15) is 29.8 Å². The molecule has 0 aromatic carbocycles. The van der Waals surface area contributed by atoms with Crippen molar-refractivity contribution in [3.8, 4) is 0 Å². The standard InChI is InChI=1S/C11H17N5O/c1-4-16-11(13-7-14-16)6-12-5-10-8(2)15-17-9(10)3/h7,12H,4-6H2,1-3H3. The molecule has 0 radical (unpaired) electrons. The first-order chi connectivity index (χ1) is 8.22. The highest BCUT2D eigenvalue weighted by Crippen LogP contribution is 2.11. The number of nitrogens with zero attached hydrogens (tertiary/aromatic N) is 4. The maximum atomic E-state index is 5.10. The van der Waals surface area contributed by atoms with Gasteiger partial charge in [0.05, 0.1) is 12.2 Å². The minimum atomic E-state index is 0.692. The van der Waals surface area contributed by atoms with Crippen LogP contribution in [-0.4, -0.2) is 19.9 Å². The van der Waals surface area contributed by atoms with E-state index in [1.807, 2.05) is 25.5 Å². The second kappa shape index (κ2) is 5.09. The van der Waals surface area contributed by atoms with E-state index in [1.165, 1.54) is 0 Å². The number of aryl methyl sites for hydroxylation is 3. The second-order valence-electron chi connectivity index (χ2n) is 3.90. The Labute approximate surface area is 100 Å². The molecule has 2 rings (SSSR count). The van der Waals surface area contributed by atoms with Crippen molar-refractivity contribution < 1.29 is 4.52 Å². The van der Waals surface area contributed by atoms with Crippen molar-refractivity contribution in [1.82, 2.24) is 25.2 Å². The molecule has 6 nitrogen and oxygen atoms in total. The smallest absolute Gasteiger partial charge is 0.140 e. The van der Waals surface area contributed by atoms with Crippen LogP contribution in [0.2, 0.25) is 0 Å². The Bertz CT molecular complexity index is 468. The molecule has 0 saturated carbocycles. The monoisotopic (exact) mass is 235 g/mol. The minimum Gasteiger partial charge on any atom is -0.361 e. The molecular weight excluding hydrogens is 218 g/mol. The molecule has 0 unspecified atom stereocenters. The normalized spacial score (nSPS) is 11.0. The molecule has 0 aliphatic heterocycles. The van der Waals surface area contributed by atoms with Crippen molar-refractivity contribution in [2.75, 3.05) is 0 Å². The lowest BCUT2D eigenvalue weighted by Gasteiger charge is -2.05. The molecule has 17 heavy (non-hydrogen) atoms. The van der Waals surface area contributed by atoms with E-state index < -0.39 is 0 Å². The summed E-state index contributed by atoms with van der Waals surface area (Å²) in [6.07, 6.45) is 1.58. The lowest BCUT2D eigenvalue weighted by atomic mass is 10.2. The average molecular weight is 235 g/mol. The quantitative estimate of drug-likeness (QED) is 0.843. The van der Waals surface area contributed by atoms with Gasteiger partial charge < -0.3 is 9.84 Å². The molecule has 92 valence electrons. The number of rotatable bonds is 5. The Hall–Kier alpha value is -1.69. The predicted molar refractivity (Wildman–Crippen MR) is 62.2 cm³/mol. The van der Waals surface area contributed by atoms with E-state index in [1.54, 1.807) is 6.33 Å². The maximum absolute atomic E-state index is 5.10. The van der Waals surface area contributed by atoms with Gasteiger partial charge in [-0.25, -0.2) is 9.67 Å². The highest BCUT2D eigenvalue weighted by molar-refractivity contribution is 5.20. The fraction of sp³-hybridized carbons (Fsp3) is 0.545. The van der Waals surface area contributed by atoms with Crippen LogP contribution >= 0.6 is 0 Å². The largest absolute Gasteiger partial charge is 0.361 e. The molecule has 0 saturated heterocycles. The Balaban J connectivity index is 1.92. The van der Waals surface area contributed by atoms with Gasteiger partial charge in [0.2, 0.25) is 0 Å². The molecular formula is C11H17N5O. The number of aromatic nitrogens is 4. The Kier molecular flexibility index (Phi) is 3.53. The van der Waals surface area contributed by atoms with Crippen molar-refractivity contribution in [3.05, 3.63) is 29.2 Å². The summed E-state index contributed by atoms with van der Waals surface area (Å²) in [6.45, 7) is 8.18. The van der Waals surface area contributed by atoms with Crippen molar-refractivity contribution in [2.45, 2.75) is 40.4 Å². The van der Waals surface area contributed by atoms with Crippen LogP contribution in [0.4, 0.5) is 0 Å². The van der Waals surface area contributed by atoms with Gasteiger partial charge in [-0.05, 0) is 20.8 Å². The van der Waals surface area contributed by atoms with Crippen LogP contribution in [0.5, 0.6) is 0 Å². The molecule has 0 bridgehead atoms. The summed E-state index contributed by atoms with van der Waals surface area (Å²) in [5, 5.41) is 11.4. The molecule has 0 amide bonds. The van der Waals surface area contributed by atoms with Gasteiger partial charge in [0.1, 0.15) is 17.9 Å². The van der Waals surface area contributed by atoms with Crippen molar-refractivity contribution >= 4 is 0 Å². The van der Waals surface area contributed by atoms with Crippen LogP contribution in [0, 0.1) is 13.8 Å². The van der Waals surface area contributed by atoms with Gasteiger partial charge in [0.15, 0.2) is 0 Å². The third-order valence-corrected chi connectivity index (χ3v) is 2.76. The molecule has 2 aromatic heterocycles. The maximum Gasteiger partial charge on any atom is 0.140 e. The van der Waals surface area contributed by atoms with Gasteiger partial charge in [-0.3, -0.25) is 0 Å². The first-order valence-corrected chi connectivity index (χ1v) is 5.71. The summed E-state index contributed by atoms with van der Waals surface area (Å²) in [7, 11) is 0. The van der Waals surface area contributed by atoms with Gasteiger partial charge in [0, 0.05) is 18.7 Å². The van der Waals surface area contributed by atoms with E-state index in [4.69, 9.17) is 4.52 Å². The highest BCUT2D eigenvalue weighted by Gasteiger charge is 2.09. The molecule has 0 spiro atoms. The zero-order valence-electron chi connectivity index (χ0n) is 10.4.